The third kappa shape index (κ3) is 6.69. The van der Waals surface area contributed by atoms with E-state index < -0.39 is 0 Å². The van der Waals surface area contributed by atoms with Crippen LogP contribution >= 0.6 is 24.0 Å². The first-order chi connectivity index (χ1) is 20.4. The van der Waals surface area contributed by atoms with Gasteiger partial charge in [0, 0.05) is 23.9 Å². The molecule has 0 spiro atoms. The lowest BCUT2D eigenvalue weighted by molar-refractivity contribution is -0.122. The van der Waals surface area contributed by atoms with Gasteiger partial charge in [-0.15, -0.1) is 0 Å². The molecule has 0 N–H and O–H groups in total. The number of rotatable bonds is 11. The number of hydrogen-bond acceptors (Lipinski definition) is 7. The molecule has 1 fully saturated rings. The number of nitrogens with zero attached hydrogens (tertiary/aromatic N) is 3. The number of hydrogen-bond donors (Lipinski definition) is 0. The molecule has 1 aliphatic heterocycles. The molecule has 0 unspecified atom stereocenters. The number of thioether (sulfide) groups is 1. The first-order valence-electron chi connectivity index (χ1n) is 13.7. The smallest absolute Gasteiger partial charge is 0.266 e. The van der Waals surface area contributed by atoms with E-state index >= 15 is 0 Å². The highest BCUT2D eigenvalue weighted by atomic mass is 32.2. The van der Waals surface area contributed by atoms with E-state index in [9.17, 15) is 4.79 Å². The van der Waals surface area contributed by atoms with Gasteiger partial charge in [-0.2, -0.15) is 5.10 Å². The summed E-state index contributed by atoms with van der Waals surface area (Å²) < 4.78 is 19.0. The maximum atomic E-state index is 13.5. The third-order valence-electron chi connectivity index (χ3n) is 6.71. The number of amides is 1. The summed E-state index contributed by atoms with van der Waals surface area (Å²) in [7, 11) is 3.22. The Morgan fingerprint density at radius 2 is 1.71 bits per heavy atom. The Morgan fingerprint density at radius 1 is 0.976 bits per heavy atom. The van der Waals surface area contributed by atoms with Gasteiger partial charge in [0.25, 0.3) is 5.91 Å². The molecule has 9 heteroatoms. The Balaban J connectivity index is 1.40. The van der Waals surface area contributed by atoms with E-state index in [-0.39, 0.29) is 5.91 Å². The van der Waals surface area contributed by atoms with E-state index in [1.54, 1.807) is 19.1 Å². The number of aromatic nitrogens is 2. The van der Waals surface area contributed by atoms with Crippen molar-refractivity contribution in [2.45, 2.75) is 20.3 Å². The Labute approximate surface area is 256 Å². The van der Waals surface area contributed by atoms with Crippen LogP contribution in [0.2, 0.25) is 0 Å². The fourth-order valence-electron chi connectivity index (χ4n) is 4.51. The fraction of sp³-hybridized carbons (Fsp3) is 0.242. The lowest BCUT2D eigenvalue weighted by Crippen LogP contribution is -2.30. The normalized spacial score (nSPS) is 14.2. The van der Waals surface area contributed by atoms with Crippen LogP contribution in [0.25, 0.3) is 23.0 Å². The quantitative estimate of drug-likeness (QED) is 0.135. The van der Waals surface area contributed by atoms with E-state index in [1.807, 2.05) is 89.8 Å². The van der Waals surface area contributed by atoms with E-state index in [4.69, 9.17) is 31.5 Å². The second-order valence-electron chi connectivity index (χ2n) is 10.2. The summed E-state index contributed by atoms with van der Waals surface area (Å²) in [5.41, 5.74) is 4.48. The van der Waals surface area contributed by atoms with Crippen LogP contribution in [0.3, 0.4) is 0 Å². The molecule has 1 aliphatic rings. The van der Waals surface area contributed by atoms with Crippen molar-refractivity contribution >= 4 is 40.3 Å². The fourth-order valence-corrected chi connectivity index (χ4v) is 5.81. The van der Waals surface area contributed by atoms with Gasteiger partial charge in [0.05, 0.1) is 37.1 Å². The van der Waals surface area contributed by atoms with Crippen molar-refractivity contribution in [3.63, 3.8) is 0 Å². The summed E-state index contributed by atoms with van der Waals surface area (Å²) in [5, 5.41) is 4.91. The first-order valence-corrected chi connectivity index (χ1v) is 14.9. The van der Waals surface area contributed by atoms with Crippen molar-refractivity contribution in [1.29, 1.82) is 0 Å². The molecule has 4 aromatic rings. The van der Waals surface area contributed by atoms with Gasteiger partial charge in [0.15, 0.2) is 11.5 Å². The summed E-state index contributed by atoms with van der Waals surface area (Å²) in [6.07, 6.45) is 4.47. The van der Waals surface area contributed by atoms with Crippen LogP contribution in [0.15, 0.2) is 83.9 Å². The molecule has 0 atom stereocenters. The van der Waals surface area contributed by atoms with Crippen LogP contribution in [0.1, 0.15) is 25.0 Å². The van der Waals surface area contributed by atoms with E-state index in [0.29, 0.717) is 46.2 Å². The predicted molar refractivity (Wildman–Crippen MR) is 172 cm³/mol. The Hall–Kier alpha value is -4.08. The molecule has 0 aliphatic carbocycles. The number of benzene rings is 3. The number of carbonyl (C=O) groups excluding carboxylic acids is 1. The number of ether oxygens (including phenoxy) is 3. The van der Waals surface area contributed by atoms with E-state index in [1.165, 1.54) is 11.8 Å². The van der Waals surface area contributed by atoms with Crippen molar-refractivity contribution < 1.29 is 19.0 Å². The summed E-state index contributed by atoms with van der Waals surface area (Å²) in [6, 6.07) is 23.6. The SMILES string of the molecule is COc1ccc(CCN2C(=O)C(=Cc3cn(-c4ccccc4)nc3-c3ccc(OCC(C)C)cc3)SC2=S)cc1OC. The largest absolute Gasteiger partial charge is 0.493 e. The molecule has 1 saturated heterocycles. The molecule has 7 nitrogen and oxygen atoms in total. The maximum absolute atomic E-state index is 13.5. The van der Waals surface area contributed by atoms with Crippen LogP contribution in [0.5, 0.6) is 17.2 Å². The molecular weight excluding hydrogens is 567 g/mol. The molecule has 1 aromatic heterocycles. The average molecular weight is 600 g/mol. The highest BCUT2D eigenvalue weighted by Gasteiger charge is 2.32. The first kappa shape index (κ1) is 29.4. The highest BCUT2D eigenvalue weighted by Crippen LogP contribution is 2.36. The van der Waals surface area contributed by atoms with Gasteiger partial charge in [-0.05, 0) is 72.5 Å². The third-order valence-corrected chi connectivity index (χ3v) is 8.08. The van der Waals surface area contributed by atoms with Crippen LogP contribution in [-0.2, 0) is 11.2 Å². The van der Waals surface area contributed by atoms with Crippen LogP contribution < -0.4 is 14.2 Å². The number of para-hydroxylation sites is 1. The minimum Gasteiger partial charge on any atom is -0.493 e. The number of methoxy groups -OCH3 is 2. The summed E-state index contributed by atoms with van der Waals surface area (Å²) in [6.45, 7) is 5.36. The molecule has 3 aromatic carbocycles. The van der Waals surface area contributed by atoms with Crippen LogP contribution in [0.4, 0.5) is 0 Å². The minimum absolute atomic E-state index is 0.110. The second kappa shape index (κ2) is 13.3. The Bertz CT molecular complexity index is 1600. The monoisotopic (exact) mass is 599 g/mol. The van der Waals surface area contributed by atoms with Crippen molar-refractivity contribution in [2.75, 3.05) is 27.4 Å². The summed E-state index contributed by atoms with van der Waals surface area (Å²) >= 11 is 6.94. The zero-order valence-corrected chi connectivity index (χ0v) is 25.7. The van der Waals surface area contributed by atoms with E-state index in [2.05, 4.69) is 13.8 Å². The molecule has 0 radical (unpaired) electrons. The number of thiocarbonyl (C=S) groups is 1. The molecule has 216 valence electrons. The molecule has 0 saturated carbocycles. The van der Waals surface area contributed by atoms with Gasteiger partial charge < -0.3 is 14.2 Å². The van der Waals surface area contributed by atoms with Crippen molar-refractivity contribution in [2.24, 2.45) is 5.92 Å². The van der Waals surface area contributed by atoms with Crippen molar-refractivity contribution in [1.82, 2.24) is 14.7 Å². The molecule has 1 amide bonds. The van der Waals surface area contributed by atoms with Gasteiger partial charge >= 0.3 is 0 Å². The van der Waals surface area contributed by atoms with Gasteiger partial charge in [0.1, 0.15) is 10.1 Å². The summed E-state index contributed by atoms with van der Waals surface area (Å²) in [4.78, 5) is 15.7. The Kier molecular flexibility index (Phi) is 9.29. The molecule has 42 heavy (non-hydrogen) atoms. The van der Waals surface area contributed by atoms with Gasteiger partial charge in [-0.25, -0.2) is 4.68 Å². The zero-order chi connectivity index (χ0) is 29.6. The zero-order valence-electron chi connectivity index (χ0n) is 24.1. The topological polar surface area (TPSA) is 65.8 Å². The number of carbonyl (C=O) groups is 1. The van der Waals surface area contributed by atoms with Gasteiger partial charge in [-0.1, -0.05) is 62.1 Å². The minimum atomic E-state index is -0.110. The lowest BCUT2D eigenvalue weighted by atomic mass is 10.1. The lowest BCUT2D eigenvalue weighted by Gasteiger charge is -2.15. The van der Waals surface area contributed by atoms with Crippen LogP contribution in [0, 0.1) is 5.92 Å². The molecule has 5 rings (SSSR count). The summed E-state index contributed by atoms with van der Waals surface area (Å²) in [5.74, 6) is 2.46. The van der Waals surface area contributed by atoms with Crippen LogP contribution in [-0.4, -0.2) is 52.3 Å². The average Bonchev–Trinajstić information content (AvgIpc) is 3.55. The maximum Gasteiger partial charge on any atom is 0.266 e. The molecule has 0 bridgehead atoms. The predicted octanol–water partition coefficient (Wildman–Crippen LogP) is 7.04. The van der Waals surface area contributed by atoms with Gasteiger partial charge in [-0.3, -0.25) is 9.69 Å². The van der Waals surface area contributed by atoms with Crippen molar-refractivity contribution in [3.8, 4) is 34.2 Å². The second-order valence-corrected chi connectivity index (χ2v) is 11.9. The van der Waals surface area contributed by atoms with E-state index in [0.717, 1.165) is 33.8 Å². The van der Waals surface area contributed by atoms with Gasteiger partial charge in [0.2, 0.25) is 0 Å². The molecular formula is C33H33N3O4S2. The highest BCUT2D eigenvalue weighted by molar-refractivity contribution is 8.26. The molecule has 2 heterocycles. The standard InChI is InChI=1S/C33H33N3O4S2/c1-22(2)21-40-27-13-11-24(12-14-27)31-25(20-36(34-31)26-8-6-5-7-9-26)19-30-32(37)35(33(41)42-30)17-16-23-10-15-28(38-3)29(18-23)39-4/h5-15,18-20,22H,16-17,21H2,1-4H3. The van der Waals surface area contributed by atoms with Crippen molar-refractivity contribution in [3.05, 3.63) is 95.0 Å². The Morgan fingerprint density at radius 3 is 2.40 bits per heavy atom.